The Balaban J connectivity index is 1.87. The predicted molar refractivity (Wildman–Crippen MR) is 109 cm³/mol. The summed E-state index contributed by atoms with van der Waals surface area (Å²) < 4.78 is 24.8. The number of pyridine rings is 1. The number of sulfonamides is 1. The molecule has 2 aromatic carbocycles. The topological polar surface area (TPSA) is 90.9 Å². The molecule has 2 heterocycles. The molecular formula is C20H15ClN4O2S. The van der Waals surface area contributed by atoms with Crippen molar-refractivity contribution in [2.75, 3.05) is 0 Å². The molecule has 0 atom stereocenters. The Kier molecular flexibility index (Phi) is 4.72. The molecule has 6 nitrogen and oxygen atoms in total. The number of benzene rings is 2. The number of hydrogen-bond acceptors (Lipinski definition) is 4. The minimum Gasteiger partial charge on any atom is -0.265 e. The minimum atomic E-state index is -3.76. The molecule has 4 rings (SSSR count). The highest BCUT2D eigenvalue weighted by Gasteiger charge is 2.14. The lowest BCUT2D eigenvalue weighted by Gasteiger charge is -2.08. The van der Waals surface area contributed by atoms with Gasteiger partial charge >= 0.3 is 0 Å². The van der Waals surface area contributed by atoms with Crippen molar-refractivity contribution in [2.24, 2.45) is 5.14 Å². The summed E-state index contributed by atoms with van der Waals surface area (Å²) in [5, 5.41) is 10.5. The van der Waals surface area contributed by atoms with Gasteiger partial charge in [0.2, 0.25) is 10.0 Å². The smallest absolute Gasteiger partial charge is 0.238 e. The SMILES string of the molecule is NS(=O)(=O)c1ccc(-n2nc(-c3ccncc3)cc2-c2ccc(Cl)cc2)cc1. The third-order valence-electron chi connectivity index (χ3n) is 4.24. The van der Waals surface area contributed by atoms with Crippen molar-refractivity contribution in [3.8, 4) is 28.2 Å². The third-order valence-corrected chi connectivity index (χ3v) is 5.42. The molecule has 140 valence electrons. The lowest BCUT2D eigenvalue weighted by Crippen LogP contribution is -2.12. The first kappa shape index (κ1) is 18.4. The van der Waals surface area contributed by atoms with Crippen LogP contribution in [0.4, 0.5) is 0 Å². The molecule has 0 fully saturated rings. The first-order chi connectivity index (χ1) is 13.4. The van der Waals surface area contributed by atoms with Crippen LogP contribution >= 0.6 is 11.6 Å². The minimum absolute atomic E-state index is 0.0470. The van der Waals surface area contributed by atoms with E-state index in [1.54, 1.807) is 29.2 Å². The van der Waals surface area contributed by atoms with Gasteiger partial charge in [-0.1, -0.05) is 23.7 Å². The molecule has 0 aliphatic rings. The molecule has 2 N–H and O–H groups in total. The largest absolute Gasteiger partial charge is 0.265 e. The maximum absolute atomic E-state index is 11.5. The highest BCUT2D eigenvalue weighted by molar-refractivity contribution is 7.89. The molecule has 8 heteroatoms. The van der Waals surface area contributed by atoms with Gasteiger partial charge in [-0.2, -0.15) is 5.10 Å². The summed E-state index contributed by atoms with van der Waals surface area (Å²) in [6.45, 7) is 0. The number of halogens is 1. The second-order valence-corrected chi connectivity index (χ2v) is 8.11. The number of aromatic nitrogens is 3. The average molecular weight is 411 g/mol. The van der Waals surface area contributed by atoms with Crippen LogP contribution < -0.4 is 5.14 Å². The molecule has 0 aliphatic carbocycles. The summed E-state index contributed by atoms with van der Waals surface area (Å²) in [5.74, 6) is 0. The molecule has 4 aromatic rings. The zero-order valence-corrected chi connectivity index (χ0v) is 16.1. The van der Waals surface area contributed by atoms with Crippen LogP contribution in [-0.2, 0) is 10.0 Å². The van der Waals surface area contributed by atoms with Crippen LogP contribution in [0, 0.1) is 0 Å². The predicted octanol–water partition coefficient (Wildman–Crippen LogP) is 3.90. The lowest BCUT2D eigenvalue weighted by molar-refractivity contribution is 0.598. The first-order valence-electron chi connectivity index (χ1n) is 8.31. The van der Waals surface area contributed by atoms with Crippen LogP contribution in [0.2, 0.25) is 5.02 Å². The summed E-state index contributed by atoms with van der Waals surface area (Å²) in [6, 6.07) is 19.4. The summed E-state index contributed by atoms with van der Waals surface area (Å²) in [7, 11) is -3.76. The Morgan fingerprint density at radius 1 is 0.857 bits per heavy atom. The van der Waals surface area contributed by atoms with Gasteiger partial charge in [-0.05, 0) is 54.6 Å². The van der Waals surface area contributed by atoms with Gasteiger partial charge in [0.15, 0.2) is 0 Å². The van der Waals surface area contributed by atoms with Gasteiger partial charge in [-0.25, -0.2) is 18.2 Å². The van der Waals surface area contributed by atoms with Gasteiger partial charge in [0.05, 0.1) is 22.0 Å². The quantitative estimate of drug-likeness (QED) is 0.552. The van der Waals surface area contributed by atoms with Crippen LogP contribution in [0.5, 0.6) is 0 Å². The number of nitrogens with zero attached hydrogens (tertiary/aromatic N) is 3. The van der Waals surface area contributed by atoms with Crippen molar-refractivity contribution in [3.05, 3.63) is 84.1 Å². The monoisotopic (exact) mass is 410 g/mol. The standard InChI is InChI=1S/C20H15ClN4O2S/c21-16-3-1-15(2-4-16)20-13-19(14-9-11-23-12-10-14)24-25(20)17-5-7-18(8-6-17)28(22,26)27/h1-13H,(H2,22,26,27). The molecule has 28 heavy (non-hydrogen) atoms. The van der Waals surface area contributed by atoms with E-state index >= 15 is 0 Å². The van der Waals surface area contributed by atoms with Crippen LogP contribution in [0.15, 0.2) is 84.0 Å². The Hall–Kier alpha value is -3.00. The van der Waals surface area contributed by atoms with E-state index in [1.807, 2.05) is 42.5 Å². The molecule has 0 aliphatic heterocycles. The van der Waals surface area contributed by atoms with Crippen molar-refractivity contribution in [1.82, 2.24) is 14.8 Å². The molecule has 0 bridgehead atoms. The number of primary sulfonamides is 1. The Morgan fingerprint density at radius 3 is 2.11 bits per heavy atom. The Bertz CT molecular complexity index is 1220. The van der Waals surface area contributed by atoms with Crippen molar-refractivity contribution in [3.63, 3.8) is 0 Å². The number of rotatable bonds is 4. The molecule has 0 spiro atoms. The van der Waals surface area contributed by atoms with Crippen LogP contribution in [0.25, 0.3) is 28.2 Å². The fourth-order valence-electron chi connectivity index (χ4n) is 2.84. The number of nitrogens with two attached hydrogens (primary N) is 1. The van der Waals surface area contributed by atoms with Crippen LogP contribution in [-0.4, -0.2) is 23.2 Å². The van der Waals surface area contributed by atoms with E-state index in [1.165, 1.54) is 12.1 Å². The summed E-state index contributed by atoms with van der Waals surface area (Å²) in [6.07, 6.45) is 3.41. The lowest BCUT2D eigenvalue weighted by atomic mass is 10.1. The highest BCUT2D eigenvalue weighted by atomic mass is 35.5. The Morgan fingerprint density at radius 2 is 1.50 bits per heavy atom. The first-order valence-corrected chi connectivity index (χ1v) is 10.2. The summed E-state index contributed by atoms with van der Waals surface area (Å²) in [4.78, 5) is 4.09. The molecule has 2 aromatic heterocycles. The van der Waals surface area contributed by atoms with Crippen molar-refractivity contribution in [1.29, 1.82) is 0 Å². The number of hydrogen-bond donors (Lipinski definition) is 1. The van der Waals surface area contributed by atoms with Crippen molar-refractivity contribution < 1.29 is 8.42 Å². The van der Waals surface area contributed by atoms with Crippen LogP contribution in [0.1, 0.15) is 0 Å². The summed E-state index contributed by atoms with van der Waals surface area (Å²) >= 11 is 6.02. The molecule has 0 unspecified atom stereocenters. The van der Waals surface area contributed by atoms with Crippen molar-refractivity contribution >= 4 is 21.6 Å². The Labute approximate surface area is 167 Å². The van der Waals surface area contributed by atoms with Gasteiger partial charge in [0.25, 0.3) is 0 Å². The van der Waals surface area contributed by atoms with E-state index in [9.17, 15) is 8.42 Å². The van der Waals surface area contributed by atoms with E-state index in [0.717, 1.165) is 22.5 Å². The van der Waals surface area contributed by atoms with Crippen molar-refractivity contribution in [2.45, 2.75) is 4.90 Å². The average Bonchev–Trinajstić information content (AvgIpc) is 3.14. The normalized spacial score (nSPS) is 11.5. The molecule has 0 amide bonds. The molecule has 0 radical (unpaired) electrons. The van der Waals surface area contributed by atoms with E-state index in [-0.39, 0.29) is 4.90 Å². The van der Waals surface area contributed by atoms with E-state index in [0.29, 0.717) is 10.7 Å². The van der Waals surface area contributed by atoms with E-state index in [4.69, 9.17) is 21.8 Å². The van der Waals surface area contributed by atoms with Crippen LogP contribution in [0.3, 0.4) is 0 Å². The zero-order valence-electron chi connectivity index (χ0n) is 14.5. The summed E-state index contributed by atoms with van der Waals surface area (Å²) in [5.41, 5.74) is 4.16. The molecule has 0 saturated carbocycles. The van der Waals surface area contributed by atoms with Gasteiger partial charge in [-0.15, -0.1) is 0 Å². The second kappa shape index (κ2) is 7.20. The molecular weight excluding hydrogens is 396 g/mol. The van der Waals surface area contributed by atoms with Gasteiger partial charge in [0.1, 0.15) is 0 Å². The highest BCUT2D eigenvalue weighted by Crippen LogP contribution is 2.29. The van der Waals surface area contributed by atoms with Gasteiger partial charge in [0, 0.05) is 28.5 Å². The second-order valence-electron chi connectivity index (χ2n) is 6.11. The van der Waals surface area contributed by atoms with E-state index in [2.05, 4.69) is 4.98 Å². The van der Waals surface area contributed by atoms with Gasteiger partial charge < -0.3 is 0 Å². The van der Waals surface area contributed by atoms with Gasteiger partial charge in [-0.3, -0.25) is 4.98 Å². The fraction of sp³-hybridized carbons (Fsp3) is 0. The zero-order chi connectivity index (χ0) is 19.7. The maximum Gasteiger partial charge on any atom is 0.238 e. The fourth-order valence-corrected chi connectivity index (χ4v) is 3.49. The van der Waals surface area contributed by atoms with E-state index < -0.39 is 10.0 Å². The third kappa shape index (κ3) is 3.68. The maximum atomic E-state index is 11.5. The molecule has 0 saturated heterocycles.